The summed E-state index contributed by atoms with van der Waals surface area (Å²) in [4.78, 5) is 63.0. The largest absolute Gasteiger partial charge is 0.508 e. The second kappa shape index (κ2) is 14.6. The van der Waals surface area contributed by atoms with Crippen LogP contribution in [0.25, 0.3) is 0 Å². The Morgan fingerprint density at radius 2 is 1.49 bits per heavy atom. The zero-order valence-corrected chi connectivity index (χ0v) is 28.7. The summed E-state index contributed by atoms with van der Waals surface area (Å²) in [6, 6.07) is 10.1. The lowest BCUT2D eigenvalue weighted by atomic mass is 9.77. The molecule has 0 bridgehead atoms. The van der Waals surface area contributed by atoms with Gasteiger partial charge in [-0.05, 0) is 61.5 Å². The molecule has 268 valence electrons. The average Bonchev–Trinajstić information content (AvgIpc) is 3.36. The van der Waals surface area contributed by atoms with Gasteiger partial charge in [0.15, 0.2) is 16.5 Å². The lowest BCUT2D eigenvalue weighted by Gasteiger charge is -2.36. The first-order chi connectivity index (χ1) is 24.2. The number of rotatable bonds is 11. The quantitative estimate of drug-likeness (QED) is 0.125. The van der Waals surface area contributed by atoms with Crippen LogP contribution in [0.5, 0.6) is 23.0 Å². The number of nitrogens with one attached hydrogen (secondary N) is 4. The van der Waals surface area contributed by atoms with Crippen LogP contribution in [0.2, 0.25) is 0 Å². The maximum absolute atomic E-state index is 13.4. The number of thiocarbonyl (C=S) groups is 1. The minimum absolute atomic E-state index is 0.0152. The summed E-state index contributed by atoms with van der Waals surface area (Å²) in [7, 11) is 1.09. The van der Waals surface area contributed by atoms with E-state index in [0.29, 0.717) is 22.4 Å². The van der Waals surface area contributed by atoms with Crippen molar-refractivity contribution >= 4 is 52.6 Å². The third-order valence-electron chi connectivity index (χ3n) is 8.45. The molecule has 2 aliphatic rings. The van der Waals surface area contributed by atoms with Gasteiger partial charge in [0.1, 0.15) is 47.8 Å². The molecule has 16 heteroatoms. The van der Waals surface area contributed by atoms with E-state index in [2.05, 4.69) is 26.0 Å². The van der Waals surface area contributed by atoms with E-state index < -0.39 is 66.4 Å². The summed E-state index contributed by atoms with van der Waals surface area (Å²) in [6.07, 6.45) is -0.576. The van der Waals surface area contributed by atoms with E-state index in [1.54, 1.807) is 38.1 Å². The molecule has 0 radical (unpaired) electrons. The fourth-order valence-corrected chi connectivity index (χ4v) is 6.13. The molecule has 0 aliphatic carbocycles. The predicted octanol–water partition coefficient (Wildman–Crippen LogP) is 3.07. The molecule has 1 spiro atoms. The number of alkyl halides is 1. The highest BCUT2D eigenvalue weighted by Crippen LogP contribution is 2.57. The van der Waals surface area contributed by atoms with Crippen molar-refractivity contribution in [2.75, 3.05) is 19.1 Å². The van der Waals surface area contributed by atoms with Crippen LogP contribution < -0.4 is 26.0 Å². The number of amides is 2. The smallest absolute Gasteiger partial charge is 0.340 e. The number of ether oxygens (including phenoxy) is 3. The molecule has 3 aromatic carbocycles. The van der Waals surface area contributed by atoms with Crippen LogP contribution in [0.15, 0.2) is 54.6 Å². The molecule has 2 amide bonds. The summed E-state index contributed by atoms with van der Waals surface area (Å²) in [5.41, 5.74) is 0.547. The van der Waals surface area contributed by atoms with Crippen molar-refractivity contribution in [3.8, 4) is 23.0 Å². The van der Waals surface area contributed by atoms with Crippen molar-refractivity contribution in [1.29, 1.82) is 0 Å². The lowest BCUT2D eigenvalue weighted by molar-refractivity contribution is -0.143. The Balaban J connectivity index is 1.31. The minimum Gasteiger partial charge on any atom is -0.508 e. The number of benzene rings is 3. The monoisotopic (exact) mass is 722 g/mol. The second-order valence-corrected chi connectivity index (χ2v) is 12.7. The number of Topliss-reactive ketones (excluding diaryl/α,β-unsaturated/α-hetero) is 1. The van der Waals surface area contributed by atoms with Crippen molar-refractivity contribution < 1.29 is 52.8 Å². The highest BCUT2D eigenvalue weighted by molar-refractivity contribution is 7.80. The van der Waals surface area contributed by atoms with Gasteiger partial charge in [-0.3, -0.25) is 19.2 Å². The minimum atomic E-state index is -1.47. The highest BCUT2D eigenvalue weighted by atomic mass is 32.1. The molecule has 51 heavy (non-hydrogen) atoms. The van der Waals surface area contributed by atoms with Crippen LogP contribution >= 0.6 is 12.2 Å². The molecule has 14 nitrogen and oxygen atoms in total. The van der Waals surface area contributed by atoms with E-state index in [9.17, 15) is 38.6 Å². The van der Waals surface area contributed by atoms with Gasteiger partial charge in [0, 0.05) is 34.5 Å². The van der Waals surface area contributed by atoms with Crippen LogP contribution in [0.4, 0.5) is 10.1 Å². The van der Waals surface area contributed by atoms with Crippen molar-refractivity contribution in [2.45, 2.75) is 50.9 Å². The summed E-state index contributed by atoms with van der Waals surface area (Å²) >= 11 is 5.49. The molecule has 3 unspecified atom stereocenters. The summed E-state index contributed by atoms with van der Waals surface area (Å²) in [5, 5.41) is 31.0. The number of anilines is 1. The number of hydrogen-bond acceptors (Lipinski definition) is 11. The Hall–Kier alpha value is -5.77. The van der Waals surface area contributed by atoms with Gasteiger partial charge in [-0.1, -0.05) is 19.9 Å². The molecule has 0 fully saturated rings. The molecule has 3 aromatic rings. The molecule has 2 aliphatic heterocycles. The number of esters is 2. The van der Waals surface area contributed by atoms with E-state index in [-0.39, 0.29) is 39.6 Å². The maximum Gasteiger partial charge on any atom is 0.340 e. The van der Waals surface area contributed by atoms with Crippen LogP contribution in [0.3, 0.4) is 0 Å². The van der Waals surface area contributed by atoms with Gasteiger partial charge in [0.05, 0.1) is 19.1 Å². The number of fused-ring (bicyclic) bond motifs is 6. The Labute approximate surface area is 296 Å². The van der Waals surface area contributed by atoms with Crippen LogP contribution in [0.1, 0.15) is 54.2 Å². The molecule has 0 aromatic heterocycles. The van der Waals surface area contributed by atoms with Crippen LogP contribution in [-0.4, -0.2) is 76.8 Å². The number of carbonyl (C=O) groups excluding carboxylic acids is 5. The van der Waals surface area contributed by atoms with Gasteiger partial charge in [-0.2, -0.15) is 0 Å². The first kappa shape index (κ1) is 36.5. The summed E-state index contributed by atoms with van der Waals surface area (Å²) < 4.78 is 29.6. The topological polar surface area (TPSA) is 202 Å². The van der Waals surface area contributed by atoms with E-state index in [1.807, 2.05) is 0 Å². The molecule has 5 rings (SSSR count). The third-order valence-corrected chi connectivity index (χ3v) is 8.67. The fourth-order valence-electron chi connectivity index (χ4n) is 5.88. The molecule has 0 saturated carbocycles. The fraction of sp³-hybridized carbons (Fsp3) is 0.314. The van der Waals surface area contributed by atoms with Crippen LogP contribution in [-0.2, 0) is 34.3 Å². The number of methoxy groups -OCH3 is 1. The number of phenols is 2. The number of aromatic hydroxyl groups is 2. The summed E-state index contributed by atoms with van der Waals surface area (Å²) in [5.74, 6) is -3.96. The maximum atomic E-state index is 13.4. The van der Waals surface area contributed by atoms with Gasteiger partial charge < -0.3 is 45.7 Å². The van der Waals surface area contributed by atoms with Gasteiger partial charge in [0.2, 0.25) is 11.8 Å². The van der Waals surface area contributed by atoms with Crippen LogP contribution in [0, 0.1) is 5.92 Å². The molecular weight excluding hydrogens is 687 g/mol. The zero-order chi connectivity index (χ0) is 37.2. The standard InChI is InChI=1S/C35H35FN4O10S/c1-16(2)30(32(46)37-17(3)31(45)39-25(26(43)15-36)14-29(44)48-4)40-34(51)38-18-5-8-22-21(11-18)33(47)50-35(22)23-9-6-19(41)12-27(23)49-28-13-20(42)7-10-24(28)35/h5-13,16-17,25,30,41-42H,14-15H2,1-4H3,(H,37,46)(H,39,45)(H2,38,40,51). The average molecular weight is 723 g/mol. The number of hydrogen-bond donors (Lipinski definition) is 6. The van der Waals surface area contributed by atoms with Crippen molar-refractivity contribution in [1.82, 2.24) is 16.0 Å². The SMILES string of the molecule is COC(=O)CC(NC(=O)C(C)NC(=O)C(NC(=S)Nc1ccc2c(c1)C(=O)OC21c2ccc(O)cc2Oc2cc(O)ccc21)C(C)C)C(=O)CF. The molecule has 0 saturated heterocycles. The zero-order valence-electron chi connectivity index (χ0n) is 27.9. The number of halogens is 1. The number of ketones is 1. The second-order valence-electron chi connectivity index (χ2n) is 12.3. The Bertz CT molecular complexity index is 1880. The highest BCUT2D eigenvalue weighted by Gasteiger charge is 2.53. The third kappa shape index (κ3) is 7.26. The molecular formula is C35H35FN4O10S. The van der Waals surface area contributed by atoms with Crippen molar-refractivity contribution in [2.24, 2.45) is 5.92 Å². The van der Waals surface area contributed by atoms with E-state index in [4.69, 9.17) is 21.7 Å². The molecule has 2 heterocycles. The van der Waals surface area contributed by atoms with Crippen molar-refractivity contribution in [3.63, 3.8) is 0 Å². The van der Waals surface area contributed by atoms with Gasteiger partial charge >= 0.3 is 11.9 Å². The normalized spacial score (nSPS) is 15.1. The number of phenolic OH excluding ortho intramolecular Hbond substituents is 2. The predicted molar refractivity (Wildman–Crippen MR) is 183 cm³/mol. The first-order valence-corrected chi connectivity index (χ1v) is 16.2. The van der Waals surface area contributed by atoms with E-state index in [1.165, 1.54) is 37.3 Å². The Morgan fingerprint density at radius 1 is 0.882 bits per heavy atom. The molecule has 3 atom stereocenters. The van der Waals surface area contributed by atoms with E-state index in [0.717, 1.165) is 7.11 Å². The molecule has 6 N–H and O–H groups in total. The van der Waals surface area contributed by atoms with E-state index >= 15 is 0 Å². The Morgan fingerprint density at radius 3 is 2.06 bits per heavy atom. The number of carbonyl (C=O) groups is 5. The first-order valence-electron chi connectivity index (χ1n) is 15.7. The lowest BCUT2D eigenvalue weighted by Crippen LogP contribution is -2.56. The van der Waals surface area contributed by atoms with Gasteiger partial charge in [-0.25, -0.2) is 9.18 Å². The summed E-state index contributed by atoms with van der Waals surface area (Å²) in [6.45, 7) is 3.43. The van der Waals surface area contributed by atoms with Crippen molar-refractivity contribution in [3.05, 3.63) is 76.9 Å². The van der Waals surface area contributed by atoms with Gasteiger partial charge in [0.25, 0.3) is 0 Å². The Kier molecular flexibility index (Phi) is 10.5. The van der Waals surface area contributed by atoms with Gasteiger partial charge in [-0.15, -0.1) is 0 Å².